The van der Waals surface area contributed by atoms with Crippen molar-refractivity contribution in [3.8, 4) is 0 Å². The molecule has 0 aliphatic carbocycles. The van der Waals surface area contributed by atoms with Crippen LogP contribution in [-0.4, -0.2) is 12.1 Å². The van der Waals surface area contributed by atoms with Crippen LogP contribution in [0.5, 0.6) is 0 Å². The van der Waals surface area contributed by atoms with Crippen LogP contribution in [0.15, 0.2) is 18.2 Å². The minimum absolute atomic E-state index is 0.0870. The van der Waals surface area contributed by atoms with Crippen LogP contribution in [0.25, 0.3) is 0 Å². The summed E-state index contributed by atoms with van der Waals surface area (Å²) in [5, 5.41) is 2.04. The first-order chi connectivity index (χ1) is 7.78. The maximum absolute atomic E-state index is 12.7. The Hall–Kier alpha value is -1.66. The van der Waals surface area contributed by atoms with Crippen molar-refractivity contribution >= 4 is 11.6 Å². The van der Waals surface area contributed by atoms with E-state index in [4.69, 9.17) is 0 Å². The number of amides is 1. The minimum Gasteiger partial charge on any atom is -0.326 e. The van der Waals surface area contributed by atoms with Gasteiger partial charge in [-0.2, -0.15) is 13.2 Å². The Morgan fingerprint density at radius 2 is 1.82 bits per heavy atom. The number of carbonyl (C=O) groups is 1. The largest absolute Gasteiger partial charge is 0.389 e. The first-order valence-electron chi connectivity index (χ1n) is 4.59. The zero-order chi connectivity index (χ0) is 13.1. The molecule has 1 aromatic carbocycles. The number of hydrogen-bond donors (Lipinski definition) is 1. The Morgan fingerprint density at radius 3 is 2.35 bits per heavy atom. The fourth-order valence-electron chi connectivity index (χ4n) is 1.05. The molecule has 94 valence electrons. The van der Waals surface area contributed by atoms with Gasteiger partial charge in [-0.15, -0.1) is 0 Å². The molecule has 0 saturated carbocycles. The van der Waals surface area contributed by atoms with Gasteiger partial charge < -0.3 is 5.32 Å². The van der Waals surface area contributed by atoms with E-state index in [-0.39, 0.29) is 5.69 Å². The van der Waals surface area contributed by atoms with Crippen molar-refractivity contribution in [3.63, 3.8) is 0 Å². The van der Waals surface area contributed by atoms with Gasteiger partial charge in [0.2, 0.25) is 5.91 Å². The molecule has 0 fully saturated rings. The topological polar surface area (TPSA) is 29.1 Å². The maximum atomic E-state index is 12.7. The molecule has 1 N–H and O–H groups in total. The first kappa shape index (κ1) is 13.4. The summed E-state index contributed by atoms with van der Waals surface area (Å²) in [7, 11) is 0. The van der Waals surface area contributed by atoms with Crippen molar-refractivity contribution in [1.82, 2.24) is 0 Å². The number of anilines is 1. The van der Waals surface area contributed by atoms with Crippen LogP contribution in [0.4, 0.5) is 27.6 Å². The predicted molar refractivity (Wildman–Crippen MR) is 50.3 cm³/mol. The van der Waals surface area contributed by atoms with E-state index in [2.05, 4.69) is 0 Å². The van der Waals surface area contributed by atoms with E-state index in [0.29, 0.717) is 6.07 Å². The van der Waals surface area contributed by atoms with Crippen LogP contribution in [0.1, 0.15) is 12.8 Å². The highest BCUT2D eigenvalue weighted by Crippen LogP contribution is 2.21. The molecule has 7 heteroatoms. The van der Waals surface area contributed by atoms with Crippen molar-refractivity contribution < 1.29 is 26.7 Å². The van der Waals surface area contributed by atoms with Crippen LogP contribution in [0, 0.1) is 11.6 Å². The third kappa shape index (κ3) is 4.80. The molecule has 0 saturated heterocycles. The van der Waals surface area contributed by atoms with E-state index in [1.165, 1.54) is 0 Å². The number of halogens is 5. The molecule has 1 aromatic rings. The van der Waals surface area contributed by atoms with Crippen LogP contribution in [-0.2, 0) is 4.79 Å². The van der Waals surface area contributed by atoms with Gasteiger partial charge in [0.05, 0.1) is 6.42 Å². The lowest BCUT2D eigenvalue weighted by atomic mass is 10.2. The molecule has 0 unspecified atom stereocenters. The van der Waals surface area contributed by atoms with Gasteiger partial charge >= 0.3 is 6.18 Å². The van der Waals surface area contributed by atoms with Crippen LogP contribution >= 0.6 is 0 Å². The lowest BCUT2D eigenvalue weighted by molar-refractivity contribution is -0.142. The fraction of sp³-hybridized carbons (Fsp3) is 0.300. The Morgan fingerprint density at radius 1 is 1.18 bits per heavy atom. The normalized spacial score (nSPS) is 11.4. The quantitative estimate of drug-likeness (QED) is 0.823. The molecule has 1 amide bonds. The summed E-state index contributed by atoms with van der Waals surface area (Å²) in [6, 6.07) is 2.53. The molecule has 0 atom stereocenters. The highest BCUT2D eigenvalue weighted by atomic mass is 19.4. The number of rotatable bonds is 3. The first-order valence-corrected chi connectivity index (χ1v) is 4.59. The van der Waals surface area contributed by atoms with Gasteiger partial charge in [-0.3, -0.25) is 4.79 Å². The van der Waals surface area contributed by atoms with E-state index >= 15 is 0 Å². The lowest BCUT2D eigenvalue weighted by Gasteiger charge is -2.07. The van der Waals surface area contributed by atoms with E-state index in [1.54, 1.807) is 0 Å². The average Bonchev–Trinajstić information content (AvgIpc) is 2.20. The summed E-state index contributed by atoms with van der Waals surface area (Å²) in [5.41, 5.74) is -0.0870. The van der Waals surface area contributed by atoms with E-state index < -0.39 is 36.6 Å². The van der Waals surface area contributed by atoms with E-state index in [0.717, 1.165) is 12.1 Å². The zero-order valence-corrected chi connectivity index (χ0v) is 8.44. The van der Waals surface area contributed by atoms with Crippen LogP contribution in [0.3, 0.4) is 0 Å². The third-order valence-electron chi connectivity index (χ3n) is 1.84. The molecule has 0 heterocycles. The van der Waals surface area contributed by atoms with Crippen molar-refractivity contribution in [2.24, 2.45) is 0 Å². The molecule has 0 aliphatic heterocycles. The average molecular weight is 253 g/mol. The molecule has 1 rings (SSSR count). The fourth-order valence-corrected chi connectivity index (χ4v) is 1.05. The van der Waals surface area contributed by atoms with Crippen molar-refractivity contribution in [2.75, 3.05) is 5.32 Å². The van der Waals surface area contributed by atoms with Gasteiger partial charge in [-0.1, -0.05) is 0 Å². The smallest absolute Gasteiger partial charge is 0.326 e. The number of carbonyl (C=O) groups excluding carboxylic acids is 1. The van der Waals surface area contributed by atoms with Gasteiger partial charge in [-0.25, -0.2) is 8.78 Å². The Balaban J connectivity index is 2.54. The van der Waals surface area contributed by atoms with Gasteiger partial charge in [0.1, 0.15) is 0 Å². The number of hydrogen-bond acceptors (Lipinski definition) is 1. The second-order valence-electron chi connectivity index (χ2n) is 3.29. The van der Waals surface area contributed by atoms with Gasteiger partial charge in [0.25, 0.3) is 0 Å². The summed E-state index contributed by atoms with van der Waals surface area (Å²) in [4.78, 5) is 11.0. The number of benzene rings is 1. The summed E-state index contributed by atoms with van der Waals surface area (Å²) in [5.74, 6) is -3.19. The summed E-state index contributed by atoms with van der Waals surface area (Å²) in [6.45, 7) is 0. The zero-order valence-electron chi connectivity index (χ0n) is 8.44. The molecular weight excluding hydrogens is 245 g/mol. The lowest BCUT2D eigenvalue weighted by Crippen LogP contribution is -2.16. The summed E-state index contributed by atoms with van der Waals surface area (Å²) >= 11 is 0. The molecular formula is C10H8F5NO. The van der Waals surface area contributed by atoms with Crippen molar-refractivity contribution in [1.29, 1.82) is 0 Å². The maximum Gasteiger partial charge on any atom is 0.389 e. The second kappa shape index (κ2) is 5.11. The van der Waals surface area contributed by atoms with Crippen LogP contribution in [0.2, 0.25) is 0 Å². The molecule has 0 aliphatic rings. The number of alkyl halides is 3. The SMILES string of the molecule is O=C(CCC(F)(F)F)Nc1ccc(F)c(F)c1. The van der Waals surface area contributed by atoms with Gasteiger partial charge in [-0.05, 0) is 12.1 Å². The van der Waals surface area contributed by atoms with Crippen LogP contribution < -0.4 is 5.32 Å². The molecule has 0 spiro atoms. The third-order valence-corrected chi connectivity index (χ3v) is 1.84. The number of nitrogens with one attached hydrogen (secondary N) is 1. The Bertz CT molecular complexity index is 416. The standard InChI is InChI=1S/C10H8F5NO/c11-7-2-1-6(5-8(7)12)16-9(17)3-4-10(13,14)15/h1-2,5H,3-4H2,(H,16,17). The summed E-state index contributed by atoms with van der Waals surface area (Å²) < 4.78 is 60.5. The highest BCUT2D eigenvalue weighted by Gasteiger charge is 2.27. The second-order valence-corrected chi connectivity index (χ2v) is 3.29. The Kier molecular flexibility index (Phi) is 4.03. The van der Waals surface area contributed by atoms with Crippen molar-refractivity contribution in [3.05, 3.63) is 29.8 Å². The molecule has 2 nitrogen and oxygen atoms in total. The summed E-state index contributed by atoms with van der Waals surface area (Å²) in [6.07, 6.45) is -6.45. The van der Waals surface area contributed by atoms with E-state index in [9.17, 15) is 26.7 Å². The predicted octanol–water partition coefficient (Wildman–Crippen LogP) is 3.25. The highest BCUT2D eigenvalue weighted by molar-refractivity contribution is 5.90. The van der Waals surface area contributed by atoms with E-state index in [1.807, 2.05) is 5.32 Å². The monoisotopic (exact) mass is 253 g/mol. The molecule has 0 aromatic heterocycles. The molecule has 0 radical (unpaired) electrons. The van der Waals surface area contributed by atoms with Gasteiger partial charge in [0, 0.05) is 18.2 Å². The minimum atomic E-state index is -4.43. The molecule has 17 heavy (non-hydrogen) atoms. The molecule has 0 bridgehead atoms. The van der Waals surface area contributed by atoms with Gasteiger partial charge in [0.15, 0.2) is 11.6 Å². The van der Waals surface area contributed by atoms with Crippen molar-refractivity contribution in [2.45, 2.75) is 19.0 Å². The Labute approximate surface area is 93.4 Å².